The highest BCUT2D eigenvalue weighted by Gasteiger charge is 2.25. The lowest BCUT2D eigenvalue weighted by molar-refractivity contribution is -0.132. The summed E-state index contributed by atoms with van der Waals surface area (Å²) in [6.45, 7) is 8.69. The van der Waals surface area contributed by atoms with Gasteiger partial charge in [0.2, 0.25) is 5.91 Å². The molecule has 2 aromatic carbocycles. The van der Waals surface area contributed by atoms with E-state index in [2.05, 4.69) is 59.5 Å². The van der Waals surface area contributed by atoms with E-state index in [1.807, 2.05) is 29.3 Å². The van der Waals surface area contributed by atoms with Gasteiger partial charge in [-0.25, -0.2) is 0 Å². The summed E-state index contributed by atoms with van der Waals surface area (Å²) < 4.78 is 14.0. The van der Waals surface area contributed by atoms with Crippen molar-refractivity contribution in [2.45, 2.75) is 53.1 Å². The first-order chi connectivity index (χ1) is 19.2. The Morgan fingerprint density at radius 3 is 2.38 bits per heavy atom. The zero-order valence-corrected chi connectivity index (χ0v) is 25.9. The molecule has 0 fully saturated rings. The van der Waals surface area contributed by atoms with E-state index in [4.69, 9.17) is 9.47 Å². The van der Waals surface area contributed by atoms with E-state index in [-0.39, 0.29) is 18.4 Å². The fourth-order valence-corrected chi connectivity index (χ4v) is 4.71. The largest absolute Gasteiger partial charge is 0.497 e. The van der Waals surface area contributed by atoms with Gasteiger partial charge in [-0.15, -0.1) is 0 Å². The molecule has 40 heavy (non-hydrogen) atoms. The minimum Gasteiger partial charge on any atom is -0.497 e. The summed E-state index contributed by atoms with van der Waals surface area (Å²) >= 11 is 3.50. The van der Waals surface area contributed by atoms with Crippen LogP contribution in [0.5, 0.6) is 11.5 Å². The van der Waals surface area contributed by atoms with Gasteiger partial charge in [-0.2, -0.15) is 0 Å². The normalized spacial score (nSPS) is 11.0. The molecule has 0 N–H and O–H groups in total. The van der Waals surface area contributed by atoms with Crippen LogP contribution in [-0.2, 0) is 17.9 Å². The summed E-state index contributed by atoms with van der Waals surface area (Å²) in [5.74, 6) is 1.15. The average Bonchev–Trinajstić information content (AvgIpc) is 3.39. The van der Waals surface area contributed by atoms with Crippen LogP contribution in [0.1, 0.15) is 61.6 Å². The standard InChI is InChI=1S/C32H42BrN3O4/c1-6-7-17-35(22-27-9-8-18-34(27)21-25-10-12-26(33)13-11-25)31(37)23-36(19-16-24(2)3)32(38)29-15-14-28(39-4)20-30(29)40-5/h8-15,18,20,24H,6-7,16-17,19,21-23H2,1-5H3. The van der Waals surface area contributed by atoms with Gasteiger partial charge in [0.05, 0.1) is 26.3 Å². The van der Waals surface area contributed by atoms with Crippen LogP contribution in [0.15, 0.2) is 65.3 Å². The summed E-state index contributed by atoms with van der Waals surface area (Å²) in [7, 11) is 3.11. The first kappa shape index (κ1) is 31.3. The van der Waals surface area contributed by atoms with Gasteiger partial charge in [-0.05, 0) is 60.7 Å². The number of methoxy groups -OCH3 is 2. The molecule has 0 aliphatic carbocycles. The zero-order valence-electron chi connectivity index (χ0n) is 24.4. The van der Waals surface area contributed by atoms with Crippen molar-refractivity contribution in [3.05, 3.63) is 82.1 Å². The molecule has 0 saturated carbocycles. The van der Waals surface area contributed by atoms with E-state index in [0.29, 0.717) is 42.6 Å². The number of hydrogen-bond donors (Lipinski definition) is 0. The zero-order chi connectivity index (χ0) is 29.1. The number of unbranched alkanes of at least 4 members (excludes halogenated alkanes) is 1. The number of hydrogen-bond acceptors (Lipinski definition) is 4. The predicted octanol–water partition coefficient (Wildman–Crippen LogP) is 6.63. The van der Waals surface area contributed by atoms with Crippen molar-refractivity contribution in [1.29, 1.82) is 0 Å². The molecule has 216 valence electrons. The Labute approximate surface area is 247 Å². The van der Waals surface area contributed by atoms with Crippen molar-refractivity contribution < 1.29 is 19.1 Å². The Morgan fingerprint density at radius 1 is 0.975 bits per heavy atom. The van der Waals surface area contributed by atoms with Gasteiger partial charge in [0.15, 0.2) is 0 Å². The molecule has 0 atom stereocenters. The lowest BCUT2D eigenvalue weighted by Crippen LogP contribution is -2.44. The molecule has 0 aliphatic heterocycles. The van der Waals surface area contributed by atoms with Crippen LogP contribution >= 0.6 is 15.9 Å². The van der Waals surface area contributed by atoms with Crippen LogP contribution < -0.4 is 9.47 Å². The summed E-state index contributed by atoms with van der Waals surface area (Å²) in [6.07, 6.45) is 4.71. The van der Waals surface area contributed by atoms with E-state index in [9.17, 15) is 9.59 Å². The topological polar surface area (TPSA) is 64.0 Å². The number of benzene rings is 2. The second kappa shape index (κ2) is 15.5. The van der Waals surface area contributed by atoms with Crippen molar-refractivity contribution in [3.8, 4) is 11.5 Å². The van der Waals surface area contributed by atoms with Crippen LogP contribution in [0.2, 0.25) is 0 Å². The predicted molar refractivity (Wildman–Crippen MR) is 163 cm³/mol. The van der Waals surface area contributed by atoms with Crippen molar-refractivity contribution in [2.75, 3.05) is 33.9 Å². The summed E-state index contributed by atoms with van der Waals surface area (Å²) in [5, 5.41) is 0. The molecule has 0 aliphatic rings. The number of amides is 2. The van der Waals surface area contributed by atoms with Gasteiger partial charge in [0.1, 0.15) is 18.0 Å². The minimum atomic E-state index is -0.220. The third-order valence-electron chi connectivity index (χ3n) is 6.91. The average molecular weight is 613 g/mol. The fraction of sp³-hybridized carbons (Fsp3) is 0.438. The molecule has 8 heteroatoms. The number of halogens is 1. The molecule has 0 radical (unpaired) electrons. The molecule has 3 rings (SSSR count). The van der Waals surface area contributed by atoms with Gasteiger partial charge < -0.3 is 23.8 Å². The van der Waals surface area contributed by atoms with Crippen LogP contribution in [0.3, 0.4) is 0 Å². The first-order valence-electron chi connectivity index (χ1n) is 13.9. The number of rotatable bonds is 15. The quantitative estimate of drug-likeness (QED) is 0.193. The highest BCUT2D eigenvalue weighted by atomic mass is 79.9. The molecule has 1 heterocycles. The van der Waals surface area contributed by atoms with E-state index in [1.54, 1.807) is 30.2 Å². The second-order valence-corrected chi connectivity index (χ2v) is 11.3. The van der Waals surface area contributed by atoms with Gasteiger partial charge in [0, 0.05) is 42.1 Å². The van der Waals surface area contributed by atoms with Crippen molar-refractivity contribution in [1.82, 2.24) is 14.4 Å². The fourth-order valence-electron chi connectivity index (χ4n) is 4.45. The molecule has 0 saturated heterocycles. The molecular formula is C32H42BrN3O4. The van der Waals surface area contributed by atoms with Gasteiger partial charge in [-0.3, -0.25) is 9.59 Å². The number of nitrogens with zero attached hydrogens (tertiary/aromatic N) is 3. The first-order valence-corrected chi connectivity index (χ1v) is 14.7. The number of carbonyl (C=O) groups is 2. The molecule has 7 nitrogen and oxygen atoms in total. The van der Waals surface area contributed by atoms with Crippen molar-refractivity contribution in [2.24, 2.45) is 5.92 Å². The summed E-state index contributed by atoms with van der Waals surface area (Å²) in [5.41, 5.74) is 2.67. The number of carbonyl (C=O) groups excluding carboxylic acids is 2. The lowest BCUT2D eigenvalue weighted by Gasteiger charge is -2.29. The second-order valence-electron chi connectivity index (χ2n) is 10.4. The third-order valence-corrected chi connectivity index (χ3v) is 7.43. The van der Waals surface area contributed by atoms with Gasteiger partial charge in [-0.1, -0.05) is 55.3 Å². The number of ether oxygens (including phenoxy) is 2. The monoisotopic (exact) mass is 611 g/mol. The Hall–Kier alpha value is -3.26. The summed E-state index contributed by atoms with van der Waals surface area (Å²) in [6, 6.07) is 17.5. The van der Waals surface area contributed by atoms with Crippen molar-refractivity contribution in [3.63, 3.8) is 0 Å². The van der Waals surface area contributed by atoms with Crippen molar-refractivity contribution >= 4 is 27.7 Å². The molecule has 0 bridgehead atoms. The van der Waals surface area contributed by atoms with Gasteiger partial charge >= 0.3 is 0 Å². The minimum absolute atomic E-state index is 0.0118. The maximum Gasteiger partial charge on any atom is 0.258 e. The Balaban J connectivity index is 1.81. The Kier molecular flexibility index (Phi) is 12.1. The lowest BCUT2D eigenvalue weighted by atomic mass is 10.1. The Morgan fingerprint density at radius 2 is 1.73 bits per heavy atom. The molecule has 2 amide bonds. The maximum absolute atomic E-state index is 13.8. The molecule has 1 aromatic heterocycles. The summed E-state index contributed by atoms with van der Waals surface area (Å²) in [4.78, 5) is 31.1. The van der Waals surface area contributed by atoms with E-state index in [1.165, 1.54) is 12.7 Å². The molecule has 3 aromatic rings. The van der Waals surface area contributed by atoms with E-state index in [0.717, 1.165) is 36.0 Å². The highest BCUT2D eigenvalue weighted by Crippen LogP contribution is 2.26. The smallest absolute Gasteiger partial charge is 0.258 e. The SMILES string of the molecule is CCCCN(Cc1cccn1Cc1ccc(Br)cc1)C(=O)CN(CCC(C)C)C(=O)c1ccc(OC)cc1OC. The molecule has 0 spiro atoms. The molecular weight excluding hydrogens is 570 g/mol. The van der Waals surface area contributed by atoms with Crippen LogP contribution in [0.4, 0.5) is 0 Å². The van der Waals surface area contributed by atoms with Crippen LogP contribution in [0, 0.1) is 5.92 Å². The van der Waals surface area contributed by atoms with E-state index >= 15 is 0 Å². The highest BCUT2D eigenvalue weighted by molar-refractivity contribution is 9.10. The van der Waals surface area contributed by atoms with E-state index < -0.39 is 0 Å². The van der Waals surface area contributed by atoms with Crippen LogP contribution in [0.25, 0.3) is 0 Å². The third kappa shape index (κ3) is 8.88. The van der Waals surface area contributed by atoms with Crippen LogP contribution in [-0.4, -0.2) is 60.0 Å². The Bertz CT molecular complexity index is 1240. The van der Waals surface area contributed by atoms with Gasteiger partial charge in [0.25, 0.3) is 5.91 Å². The maximum atomic E-state index is 13.8. The molecule has 0 unspecified atom stereocenters. The number of aromatic nitrogens is 1.